The number of pyridine rings is 1. The molecule has 0 unspecified atom stereocenters. The van der Waals surface area contributed by atoms with Crippen molar-refractivity contribution in [2.75, 3.05) is 0 Å². The summed E-state index contributed by atoms with van der Waals surface area (Å²) in [6.07, 6.45) is 2.88. The molecule has 0 fully saturated rings. The second-order valence-electron chi connectivity index (χ2n) is 5.38. The van der Waals surface area contributed by atoms with E-state index in [4.69, 9.17) is 16.0 Å². The van der Waals surface area contributed by atoms with Gasteiger partial charge in [-0.2, -0.15) is 5.10 Å². The fourth-order valence-electron chi connectivity index (χ4n) is 2.22. The molecule has 6 nitrogen and oxygen atoms in total. The lowest BCUT2D eigenvalue weighted by Crippen LogP contribution is -2.18. The number of rotatable bonds is 5. The molecule has 0 saturated carbocycles. The predicted octanol–water partition coefficient (Wildman–Crippen LogP) is 3.96. The average molecular weight is 368 g/mol. The van der Waals surface area contributed by atoms with Gasteiger partial charge in [-0.25, -0.2) is 10.4 Å². The molecule has 0 aliphatic rings. The van der Waals surface area contributed by atoms with Gasteiger partial charge < -0.3 is 4.42 Å². The fourth-order valence-corrected chi connectivity index (χ4v) is 2.42. The third kappa shape index (κ3) is 4.04. The fraction of sp³-hybridized carbons (Fsp3) is 0.0526. The van der Waals surface area contributed by atoms with Crippen LogP contribution in [-0.2, 0) is 0 Å². The Morgan fingerprint density at radius 1 is 1.15 bits per heavy atom. The summed E-state index contributed by atoms with van der Waals surface area (Å²) >= 11 is 5.85. The highest BCUT2D eigenvalue weighted by Gasteiger charge is 2.09. The first-order valence-electron chi connectivity index (χ1n) is 7.70. The Morgan fingerprint density at radius 3 is 2.62 bits per heavy atom. The van der Waals surface area contributed by atoms with Crippen molar-refractivity contribution in [3.8, 4) is 11.3 Å². The van der Waals surface area contributed by atoms with Crippen molar-refractivity contribution >= 4 is 29.5 Å². The monoisotopic (exact) mass is 367 g/mol. The van der Waals surface area contributed by atoms with Crippen LogP contribution in [0.5, 0.6) is 0 Å². The van der Waals surface area contributed by atoms with Crippen LogP contribution in [0, 0.1) is 0 Å². The summed E-state index contributed by atoms with van der Waals surface area (Å²) in [7, 11) is 0. The van der Waals surface area contributed by atoms with Crippen LogP contribution in [0.25, 0.3) is 11.3 Å². The number of carbonyl (C=O) groups is 2. The standard InChI is InChI=1S/C19H14ClN3O3/c1-12(24)13-4-6-14(7-5-13)17-9-8-15(26-17)11-22-23-19(25)16-3-2-10-21-18(16)20/h2-11H,1H3,(H,23,25). The summed E-state index contributed by atoms with van der Waals surface area (Å²) in [5, 5.41) is 3.96. The number of nitrogens with one attached hydrogen (secondary N) is 1. The van der Waals surface area contributed by atoms with Crippen LogP contribution in [0.3, 0.4) is 0 Å². The van der Waals surface area contributed by atoms with Crippen molar-refractivity contribution in [2.24, 2.45) is 5.10 Å². The molecule has 26 heavy (non-hydrogen) atoms. The van der Waals surface area contributed by atoms with Gasteiger partial charge in [-0.15, -0.1) is 0 Å². The van der Waals surface area contributed by atoms with Gasteiger partial charge >= 0.3 is 0 Å². The first-order valence-corrected chi connectivity index (χ1v) is 8.07. The van der Waals surface area contributed by atoms with E-state index in [9.17, 15) is 9.59 Å². The molecule has 0 aliphatic carbocycles. The Balaban J connectivity index is 1.66. The number of ketones is 1. The molecule has 130 valence electrons. The van der Waals surface area contributed by atoms with Crippen molar-refractivity contribution in [2.45, 2.75) is 6.92 Å². The summed E-state index contributed by atoms with van der Waals surface area (Å²) in [6, 6.07) is 13.8. The summed E-state index contributed by atoms with van der Waals surface area (Å²) in [5.41, 5.74) is 4.07. The van der Waals surface area contributed by atoms with E-state index >= 15 is 0 Å². The van der Waals surface area contributed by atoms with Crippen LogP contribution in [0.4, 0.5) is 0 Å². The van der Waals surface area contributed by atoms with E-state index < -0.39 is 5.91 Å². The minimum atomic E-state index is -0.467. The molecule has 1 amide bonds. The number of Topliss-reactive ketones (excluding diaryl/α,β-unsaturated/α-hetero) is 1. The summed E-state index contributed by atoms with van der Waals surface area (Å²) < 4.78 is 5.66. The Kier molecular flexibility index (Phi) is 5.24. The zero-order valence-electron chi connectivity index (χ0n) is 13.8. The van der Waals surface area contributed by atoms with Crippen molar-refractivity contribution in [1.29, 1.82) is 0 Å². The molecular formula is C19H14ClN3O3. The van der Waals surface area contributed by atoms with E-state index in [0.717, 1.165) is 5.56 Å². The Labute approximate surface area is 154 Å². The number of carbonyl (C=O) groups excluding carboxylic acids is 2. The quantitative estimate of drug-likeness (QED) is 0.320. The minimum Gasteiger partial charge on any atom is -0.455 e. The van der Waals surface area contributed by atoms with Gasteiger partial charge in [0.15, 0.2) is 5.78 Å². The molecule has 1 aromatic carbocycles. The third-order valence-corrected chi connectivity index (χ3v) is 3.87. The molecule has 1 N–H and O–H groups in total. The normalized spacial score (nSPS) is 10.8. The molecule has 3 aromatic rings. The molecule has 0 aliphatic heterocycles. The number of amides is 1. The molecule has 0 radical (unpaired) electrons. The Morgan fingerprint density at radius 2 is 1.92 bits per heavy atom. The second kappa shape index (κ2) is 7.76. The lowest BCUT2D eigenvalue weighted by atomic mass is 10.1. The molecule has 0 spiro atoms. The summed E-state index contributed by atoms with van der Waals surface area (Å²) in [5.74, 6) is 0.635. The molecule has 0 saturated heterocycles. The van der Waals surface area contributed by atoms with Crippen LogP contribution >= 0.6 is 11.6 Å². The van der Waals surface area contributed by atoms with Crippen LogP contribution in [0.2, 0.25) is 5.15 Å². The van der Waals surface area contributed by atoms with Crippen LogP contribution in [0.15, 0.2) is 64.2 Å². The lowest BCUT2D eigenvalue weighted by molar-refractivity contribution is 0.0954. The van der Waals surface area contributed by atoms with E-state index in [1.807, 2.05) is 12.1 Å². The third-order valence-electron chi connectivity index (χ3n) is 3.56. The van der Waals surface area contributed by atoms with Crippen LogP contribution in [0.1, 0.15) is 33.4 Å². The van der Waals surface area contributed by atoms with Gasteiger partial charge in [0.05, 0.1) is 11.8 Å². The largest absolute Gasteiger partial charge is 0.455 e. The number of hydrazone groups is 1. The van der Waals surface area contributed by atoms with E-state index in [-0.39, 0.29) is 16.5 Å². The van der Waals surface area contributed by atoms with Gasteiger partial charge in [-0.3, -0.25) is 9.59 Å². The van der Waals surface area contributed by atoms with Gasteiger partial charge in [0, 0.05) is 17.3 Å². The van der Waals surface area contributed by atoms with Crippen molar-refractivity contribution in [3.63, 3.8) is 0 Å². The predicted molar refractivity (Wildman–Crippen MR) is 98.5 cm³/mol. The number of furan rings is 1. The lowest BCUT2D eigenvalue weighted by Gasteiger charge is -2.00. The van der Waals surface area contributed by atoms with E-state index in [2.05, 4.69) is 15.5 Å². The highest BCUT2D eigenvalue weighted by Crippen LogP contribution is 2.22. The smallest absolute Gasteiger partial charge is 0.274 e. The molecule has 2 aromatic heterocycles. The van der Waals surface area contributed by atoms with Gasteiger partial charge in [0.25, 0.3) is 5.91 Å². The average Bonchev–Trinajstić information content (AvgIpc) is 3.11. The van der Waals surface area contributed by atoms with E-state index in [1.165, 1.54) is 19.3 Å². The van der Waals surface area contributed by atoms with Crippen molar-refractivity contribution < 1.29 is 14.0 Å². The van der Waals surface area contributed by atoms with Gasteiger partial charge in [0.1, 0.15) is 16.7 Å². The number of nitrogens with zero attached hydrogens (tertiary/aromatic N) is 2. The zero-order chi connectivity index (χ0) is 18.5. The Hall–Kier alpha value is -3.25. The van der Waals surface area contributed by atoms with Crippen LogP contribution < -0.4 is 5.43 Å². The molecule has 2 heterocycles. The highest BCUT2D eigenvalue weighted by molar-refractivity contribution is 6.32. The number of hydrogen-bond acceptors (Lipinski definition) is 5. The van der Waals surface area contributed by atoms with E-state index in [0.29, 0.717) is 17.1 Å². The second-order valence-corrected chi connectivity index (χ2v) is 5.73. The number of halogens is 1. The zero-order valence-corrected chi connectivity index (χ0v) is 14.5. The summed E-state index contributed by atoms with van der Waals surface area (Å²) in [4.78, 5) is 27.1. The minimum absolute atomic E-state index is 0.00767. The number of benzene rings is 1. The topological polar surface area (TPSA) is 84.6 Å². The molecule has 0 bridgehead atoms. The molecule has 7 heteroatoms. The SMILES string of the molecule is CC(=O)c1ccc(-c2ccc(C=NNC(=O)c3cccnc3Cl)o2)cc1. The van der Waals surface area contributed by atoms with Gasteiger partial charge in [-0.05, 0) is 31.2 Å². The van der Waals surface area contributed by atoms with Gasteiger partial charge in [-0.1, -0.05) is 35.9 Å². The highest BCUT2D eigenvalue weighted by atomic mass is 35.5. The first-order chi connectivity index (χ1) is 12.5. The maximum Gasteiger partial charge on any atom is 0.274 e. The maximum atomic E-state index is 12.0. The summed E-state index contributed by atoms with van der Waals surface area (Å²) in [6.45, 7) is 1.52. The number of hydrogen-bond donors (Lipinski definition) is 1. The molecular weight excluding hydrogens is 354 g/mol. The maximum absolute atomic E-state index is 12.0. The van der Waals surface area contributed by atoms with E-state index in [1.54, 1.807) is 36.4 Å². The van der Waals surface area contributed by atoms with Crippen molar-refractivity contribution in [1.82, 2.24) is 10.4 Å². The number of aromatic nitrogens is 1. The van der Waals surface area contributed by atoms with Crippen LogP contribution in [-0.4, -0.2) is 22.9 Å². The molecule has 0 atom stereocenters. The molecule has 3 rings (SSSR count). The first kappa shape index (κ1) is 17.6. The van der Waals surface area contributed by atoms with Crippen molar-refractivity contribution in [3.05, 3.63) is 76.8 Å². The van der Waals surface area contributed by atoms with Gasteiger partial charge in [0.2, 0.25) is 0 Å². The Bertz CT molecular complexity index is 978.